The fourth-order valence-electron chi connectivity index (χ4n) is 3.80. The van der Waals surface area contributed by atoms with Crippen LogP contribution in [0.4, 0.5) is 10.5 Å². The predicted molar refractivity (Wildman–Crippen MR) is 96.7 cm³/mol. The minimum absolute atomic E-state index is 0.0700. The molecule has 1 aromatic carbocycles. The summed E-state index contributed by atoms with van der Waals surface area (Å²) in [5.41, 5.74) is 3.80. The summed E-state index contributed by atoms with van der Waals surface area (Å²) in [6.45, 7) is 8.26. The monoisotopic (exact) mass is 345 g/mol. The Kier molecular flexibility index (Phi) is 3.49. The van der Waals surface area contributed by atoms with E-state index in [-0.39, 0.29) is 11.6 Å². The molecular weight excluding hydrogens is 322 g/mol. The summed E-state index contributed by atoms with van der Waals surface area (Å²) in [7, 11) is 0. The Morgan fingerprint density at radius 1 is 1.33 bits per heavy atom. The van der Waals surface area contributed by atoms with Crippen molar-refractivity contribution in [1.82, 2.24) is 9.88 Å². The number of hydrogen-bond donors (Lipinski definition) is 0. The summed E-state index contributed by atoms with van der Waals surface area (Å²) in [5, 5.41) is 0. The van der Waals surface area contributed by atoms with Gasteiger partial charge in [0.2, 0.25) is 0 Å². The molecule has 6 heteroatoms. The summed E-state index contributed by atoms with van der Waals surface area (Å²) in [5.74, 6) is 0. The van der Waals surface area contributed by atoms with Gasteiger partial charge in [-0.2, -0.15) is 0 Å². The van der Waals surface area contributed by atoms with E-state index in [4.69, 9.17) is 4.74 Å². The van der Waals surface area contributed by atoms with Gasteiger partial charge in [0, 0.05) is 25.3 Å². The highest BCUT2D eigenvalue weighted by Crippen LogP contribution is 2.42. The van der Waals surface area contributed by atoms with E-state index in [0.29, 0.717) is 0 Å². The summed E-state index contributed by atoms with van der Waals surface area (Å²) >= 11 is 1.67. The third-order valence-corrected chi connectivity index (χ3v) is 5.65. The van der Waals surface area contributed by atoms with E-state index in [1.165, 1.54) is 10.4 Å². The molecule has 24 heavy (non-hydrogen) atoms. The van der Waals surface area contributed by atoms with Gasteiger partial charge in [-0.15, -0.1) is 11.3 Å². The van der Waals surface area contributed by atoms with Gasteiger partial charge in [-0.25, -0.2) is 9.78 Å². The van der Waals surface area contributed by atoms with Crippen molar-refractivity contribution in [2.75, 3.05) is 24.5 Å². The number of rotatable bonds is 1. The second kappa shape index (κ2) is 5.34. The van der Waals surface area contributed by atoms with Crippen molar-refractivity contribution in [3.05, 3.63) is 23.7 Å². The lowest BCUT2D eigenvalue weighted by Crippen LogP contribution is -2.69. The summed E-state index contributed by atoms with van der Waals surface area (Å²) < 4.78 is 6.71. The topological polar surface area (TPSA) is 45.7 Å². The molecule has 0 unspecified atom stereocenters. The number of hydrogen-bond acceptors (Lipinski definition) is 5. The van der Waals surface area contributed by atoms with Gasteiger partial charge in [0.05, 0.1) is 21.3 Å². The fourth-order valence-corrected chi connectivity index (χ4v) is 4.46. The second-order valence-corrected chi connectivity index (χ2v) is 8.71. The molecule has 0 aliphatic carbocycles. The van der Waals surface area contributed by atoms with Gasteiger partial charge in [-0.1, -0.05) is 0 Å². The first kappa shape index (κ1) is 15.7. The number of carbonyl (C=O) groups is 1. The number of aromatic nitrogens is 1. The van der Waals surface area contributed by atoms with Crippen molar-refractivity contribution in [2.45, 2.75) is 44.8 Å². The molecule has 2 fully saturated rings. The molecule has 2 saturated heterocycles. The van der Waals surface area contributed by atoms with Crippen molar-refractivity contribution in [3.63, 3.8) is 0 Å². The molecule has 3 heterocycles. The minimum atomic E-state index is -0.440. The van der Waals surface area contributed by atoms with E-state index in [1.54, 1.807) is 11.3 Å². The smallest absolute Gasteiger partial charge is 0.410 e. The number of thiazole rings is 1. The molecule has 0 atom stereocenters. The lowest BCUT2D eigenvalue weighted by Gasteiger charge is -2.53. The average Bonchev–Trinajstić information content (AvgIpc) is 3.09. The maximum absolute atomic E-state index is 12.2. The van der Waals surface area contributed by atoms with Gasteiger partial charge in [0.1, 0.15) is 5.60 Å². The number of carbonyl (C=O) groups excluding carboxylic acids is 1. The Balaban J connectivity index is 1.51. The molecule has 128 valence electrons. The first-order chi connectivity index (χ1) is 11.4. The van der Waals surface area contributed by atoms with Crippen molar-refractivity contribution in [3.8, 4) is 0 Å². The van der Waals surface area contributed by atoms with Crippen LogP contribution in [0.2, 0.25) is 0 Å². The van der Waals surface area contributed by atoms with Crippen LogP contribution >= 0.6 is 11.3 Å². The highest BCUT2D eigenvalue weighted by Gasteiger charge is 2.52. The Bertz CT molecular complexity index is 774. The Morgan fingerprint density at radius 3 is 2.88 bits per heavy atom. The highest BCUT2D eigenvalue weighted by atomic mass is 32.1. The normalized spacial score (nSPS) is 19.8. The third kappa shape index (κ3) is 2.62. The average molecular weight is 345 g/mol. The quantitative estimate of drug-likeness (QED) is 0.787. The minimum Gasteiger partial charge on any atom is -0.444 e. The van der Waals surface area contributed by atoms with Gasteiger partial charge in [-0.3, -0.25) is 0 Å². The number of likely N-dealkylation sites (tertiary alicyclic amines) is 1. The highest BCUT2D eigenvalue weighted by molar-refractivity contribution is 7.16. The molecule has 2 aliphatic heterocycles. The molecule has 5 nitrogen and oxygen atoms in total. The lowest BCUT2D eigenvalue weighted by molar-refractivity contribution is -0.00703. The molecule has 0 saturated carbocycles. The van der Waals surface area contributed by atoms with E-state index in [1.807, 2.05) is 31.2 Å². The molecule has 1 aromatic heterocycles. The van der Waals surface area contributed by atoms with Crippen molar-refractivity contribution in [1.29, 1.82) is 0 Å². The standard InChI is InChI=1S/C18H23N3O2S/c1-17(2,3)23-16(22)20-10-18(11-20)7-4-8-21(18)13-5-6-15-14(9-13)19-12-24-15/h5-6,9,12H,4,7-8,10-11H2,1-3H3. The zero-order chi connectivity index (χ0) is 16.9. The van der Waals surface area contributed by atoms with Crippen LogP contribution in [0, 0.1) is 0 Å². The van der Waals surface area contributed by atoms with Crippen LogP contribution < -0.4 is 4.90 Å². The van der Waals surface area contributed by atoms with Crippen LogP contribution in [0.5, 0.6) is 0 Å². The summed E-state index contributed by atoms with van der Waals surface area (Å²) in [6.07, 6.45) is 2.09. The van der Waals surface area contributed by atoms with Gasteiger partial charge in [0.15, 0.2) is 0 Å². The SMILES string of the molecule is CC(C)(C)OC(=O)N1CC2(CCCN2c2ccc3scnc3c2)C1. The first-order valence-electron chi connectivity index (χ1n) is 8.45. The molecule has 2 aliphatic rings. The third-order valence-electron chi connectivity index (χ3n) is 4.84. The number of anilines is 1. The Labute approximate surface area is 146 Å². The van der Waals surface area contributed by atoms with E-state index < -0.39 is 5.60 Å². The molecule has 4 rings (SSSR count). The molecule has 0 bridgehead atoms. The van der Waals surface area contributed by atoms with Crippen molar-refractivity contribution >= 4 is 33.3 Å². The predicted octanol–water partition coefficient (Wildman–Crippen LogP) is 3.89. The lowest BCUT2D eigenvalue weighted by atomic mass is 9.87. The Hall–Kier alpha value is -1.82. The number of fused-ring (bicyclic) bond motifs is 1. The first-order valence-corrected chi connectivity index (χ1v) is 9.33. The molecule has 0 radical (unpaired) electrons. The van der Waals surface area contributed by atoms with Gasteiger partial charge < -0.3 is 14.5 Å². The zero-order valence-corrected chi connectivity index (χ0v) is 15.2. The number of ether oxygens (including phenoxy) is 1. The zero-order valence-electron chi connectivity index (χ0n) is 14.4. The van der Waals surface area contributed by atoms with E-state index in [2.05, 4.69) is 28.1 Å². The van der Waals surface area contributed by atoms with Crippen molar-refractivity contribution in [2.24, 2.45) is 0 Å². The second-order valence-electron chi connectivity index (χ2n) is 7.82. The van der Waals surface area contributed by atoms with Crippen LogP contribution in [0.15, 0.2) is 23.7 Å². The molecule has 1 amide bonds. The van der Waals surface area contributed by atoms with Crippen LogP contribution in [0.3, 0.4) is 0 Å². The number of benzene rings is 1. The fraction of sp³-hybridized carbons (Fsp3) is 0.556. The molecule has 1 spiro atoms. The molecule has 0 N–H and O–H groups in total. The maximum Gasteiger partial charge on any atom is 0.410 e. The largest absolute Gasteiger partial charge is 0.444 e. The van der Waals surface area contributed by atoms with Crippen LogP contribution in [0.1, 0.15) is 33.6 Å². The van der Waals surface area contributed by atoms with Crippen LogP contribution in [0.25, 0.3) is 10.2 Å². The van der Waals surface area contributed by atoms with E-state index in [0.717, 1.165) is 38.0 Å². The van der Waals surface area contributed by atoms with Crippen molar-refractivity contribution < 1.29 is 9.53 Å². The van der Waals surface area contributed by atoms with Gasteiger partial charge in [0.25, 0.3) is 0 Å². The maximum atomic E-state index is 12.2. The van der Waals surface area contributed by atoms with Crippen LogP contribution in [-0.4, -0.2) is 46.8 Å². The molecular formula is C18H23N3O2S. The molecule has 2 aromatic rings. The summed E-state index contributed by atoms with van der Waals surface area (Å²) in [4.78, 5) is 21.0. The van der Waals surface area contributed by atoms with E-state index >= 15 is 0 Å². The van der Waals surface area contributed by atoms with Crippen LogP contribution in [-0.2, 0) is 4.74 Å². The van der Waals surface area contributed by atoms with E-state index in [9.17, 15) is 4.79 Å². The summed E-state index contributed by atoms with van der Waals surface area (Å²) in [6, 6.07) is 6.51. The van der Waals surface area contributed by atoms with Gasteiger partial charge >= 0.3 is 6.09 Å². The Morgan fingerprint density at radius 2 is 2.12 bits per heavy atom. The van der Waals surface area contributed by atoms with Gasteiger partial charge in [-0.05, 0) is 51.8 Å². The number of amides is 1. The number of nitrogens with zero attached hydrogens (tertiary/aromatic N) is 3.